The predicted molar refractivity (Wildman–Crippen MR) is 94.5 cm³/mol. The molecule has 0 bridgehead atoms. The van der Waals surface area contributed by atoms with Gasteiger partial charge in [-0.2, -0.15) is 5.26 Å². The van der Waals surface area contributed by atoms with Gasteiger partial charge in [0.2, 0.25) is 5.69 Å². The van der Waals surface area contributed by atoms with Gasteiger partial charge in [0, 0.05) is 22.9 Å². The standard InChI is InChI=1S/C21H17N2O/c1-13-9-17-19(11-16(13)18-6-4-5-7-23(18)3)24-20-10-15(12-22)8-14(2)21(17)20/h4-11H,1-3H3/q+1. The number of pyridine rings is 1. The van der Waals surface area contributed by atoms with Crippen LogP contribution >= 0.6 is 0 Å². The number of hydrogen-bond acceptors (Lipinski definition) is 2. The fourth-order valence-corrected chi connectivity index (χ4v) is 3.41. The van der Waals surface area contributed by atoms with Gasteiger partial charge in [-0.25, -0.2) is 4.57 Å². The van der Waals surface area contributed by atoms with Crippen LogP contribution in [-0.2, 0) is 7.05 Å². The van der Waals surface area contributed by atoms with Gasteiger partial charge >= 0.3 is 0 Å². The van der Waals surface area contributed by atoms with Crippen LogP contribution in [0.2, 0.25) is 0 Å². The Morgan fingerprint density at radius 2 is 1.83 bits per heavy atom. The number of nitrogens with zero attached hydrogens (tertiary/aromatic N) is 2. The number of aryl methyl sites for hydroxylation is 3. The third kappa shape index (κ3) is 2.08. The van der Waals surface area contributed by atoms with Crippen LogP contribution < -0.4 is 4.57 Å². The van der Waals surface area contributed by atoms with Crippen LogP contribution in [0.4, 0.5) is 0 Å². The summed E-state index contributed by atoms with van der Waals surface area (Å²) in [5, 5.41) is 11.4. The van der Waals surface area contributed by atoms with E-state index in [4.69, 9.17) is 9.68 Å². The van der Waals surface area contributed by atoms with E-state index in [1.54, 1.807) is 0 Å². The zero-order valence-electron chi connectivity index (χ0n) is 13.9. The quantitative estimate of drug-likeness (QED) is 0.483. The fourth-order valence-electron chi connectivity index (χ4n) is 3.41. The number of hydrogen-bond donors (Lipinski definition) is 0. The van der Waals surface area contributed by atoms with Crippen LogP contribution in [0.1, 0.15) is 16.7 Å². The van der Waals surface area contributed by atoms with Crippen LogP contribution in [0.15, 0.2) is 53.1 Å². The molecule has 2 aromatic carbocycles. The molecule has 4 rings (SSSR count). The summed E-state index contributed by atoms with van der Waals surface area (Å²) in [5.41, 5.74) is 6.83. The van der Waals surface area contributed by atoms with Crippen LogP contribution in [0.5, 0.6) is 0 Å². The second-order valence-corrected chi connectivity index (χ2v) is 6.24. The van der Waals surface area contributed by atoms with Crippen molar-refractivity contribution in [3.05, 3.63) is 65.4 Å². The molecule has 2 aromatic heterocycles. The molecule has 116 valence electrons. The SMILES string of the molecule is Cc1cc2c(cc1-c1cccc[n+]1C)oc1cc(C#N)cc(C)c12. The van der Waals surface area contributed by atoms with Crippen LogP contribution in [0, 0.1) is 25.2 Å². The highest BCUT2D eigenvalue weighted by molar-refractivity contribution is 6.08. The Morgan fingerprint density at radius 3 is 2.58 bits per heavy atom. The number of fused-ring (bicyclic) bond motifs is 3. The highest BCUT2D eigenvalue weighted by Gasteiger charge is 2.17. The molecule has 0 aliphatic carbocycles. The van der Waals surface area contributed by atoms with Gasteiger partial charge in [0.1, 0.15) is 18.2 Å². The lowest BCUT2D eigenvalue weighted by atomic mass is 9.99. The number of nitriles is 1. The molecule has 0 saturated carbocycles. The second kappa shape index (κ2) is 5.21. The van der Waals surface area contributed by atoms with E-state index in [1.807, 2.05) is 44.4 Å². The fraction of sp³-hybridized carbons (Fsp3) is 0.143. The summed E-state index contributed by atoms with van der Waals surface area (Å²) < 4.78 is 8.18. The number of benzene rings is 2. The maximum atomic E-state index is 9.17. The molecule has 0 unspecified atom stereocenters. The van der Waals surface area contributed by atoms with Crippen molar-refractivity contribution in [2.75, 3.05) is 0 Å². The number of rotatable bonds is 1. The molecule has 0 radical (unpaired) electrons. The molecule has 0 aliphatic rings. The summed E-state index contributed by atoms with van der Waals surface area (Å²) in [4.78, 5) is 0. The molecule has 0 fully saturated rings. The minimum absolute atomic E-state index is 0.630. The van der Waals surface area contributed by atoms with Crippen LogP contribution in [0.3, 0.4) is 0 Å². The molecular weight excluding hydrogens is 296 g/mol. The Bertz CT molecular complexity index is 1150. The first-order valence-electron chi connectivity index (χ1n) is 7.91. The maximum Gasteiger partial charge on any atom is 0.212 e. The maximum absolute atomic E-state index is 9.17. The average molecular weight is 313 g/mol. The Labute approximate surface area is 140 Å². The Hall–Kier alpha value is -3.12. The second-order valence-electron chi connectivity index (χ2n) is 6.24. The van der Waals surface area contributed by atoms with Crippen molar-refractivity contribution in [1.82, 2.24) is 0 Å². The molecule has 0 spiro atoms. The molecule has 0 amide bonds. The Morgan fingerprint density at radius 1 is 1.00 bits per heavy atom. The molecule has 0 saturated heterocycles. The van der Waals surface area contributed by atoms with E-state index in [2.05, 4.69) is 35.8 Å². The summed E-state index contributed by atoms with van der Waals surface area (Å²) in [5.74, 6) is 0. The molecular formula is C21H17N2O+. The Balaban J connectivity index is 2.06. The van der Waals surface area contributed by atoms with Gasteiger partial charge in [0.25, 0.3) is 0 Å². The molecule has 0 N–H and O–H groups in total. The summed E-state index contributed by atoms with van der Waals surface area (Å²) in [6.07, 6.45) is 2.04. The van der Waals surface area contributed by atoms with Crippen molar-refractivity contribution in [1.29, 1.82) is 5.26 Å². The first-order valence-corrected chi connectivity index (χ1v) is 7.91. The lowest BCUT2D eigenvalue weighted by Crippen LogP contribution is -2.30. The average Bonchev–Trinajstić information content (AvgIpc) is 2.92. The van der Waals surface area contributed by atoms with Crippen LogP contribution in [-0.4, -0.2) is 0 Å². The monoisotopic (exact) mass is 313 g/mol. The summed E-state index contributed by atoms with van der Waals surface area (Å²) in [6, 6.07) is 16.4. The van der Waals surface area contributed by atoms with E-state index in [0.717, 1.165) is 38.8 Å². The number of furan rings is 1. The van der Waals surface area contributed by atoms with Gasteiger partial charge in [0.05, 0.1) is 17.2 Å². The largest absolute Gasteiger partial charge is 0.456 e. The first kappa shape index (κ1) is 14.5. The molecule has 0 aliphatic heterocycles. The van der Waals surface area contributed by atoms with Crippen molar-refractivity contribution >= 4 is 21.9 Å². The Kier molecular flexibility index (Phi) is 3.14. The molecule has 24 heavy (non-hydrogen) atoms. The highest BCUT2D eigenvalue weighted by Crippen LogP contribution is 2.35. The zero-order chi connectivity index (χ0) is 16.8. The third-order valence-electron chi connectivity index (χ3n) is 4.58. The molecule has 3 nitrogen and oxygen atoms in total. The van der Waals surface area contributed by atoms with Gasteiger partial charge < -0.3 is 4.42 Å². The van der Waals surface area contributed by atoms with Crippen molar-refractivity contribution < 1.29 is 8.98 Å². The topological polar surface area (TPSA) is 40.8 Å². The van der Waals surface area contributed by atoms with E-state index in [0.29, 0.717) is 5.56 Å². The minimum atomic E-state index is 0.630. The zero-order valence-corrected chi connectivity index (χ0v) is 13.9. The van der Waals surface area contributed by atoms with Gasteiger partial charge in [-0.3, -0.25) is 0 Å². The van der Waals surface area contributed by atoms with Crippen LogP contribution in [0.25, 0.3) is 33.2 Å². The lowest BCUT2D eigenvalue weighted by Gasteiger charge is -2.04. The summed E-state index contributed by atoms with van der Waals surface area (Å²) >= 11 is 0. The van der Waals surface area contributed by atoms with E-state index < -0.39 is 0 Å². The van der Waals surface area contributed by atoms with Gasteiger partial charge in [-0.05, 0) is 55.3 Å². The van der Waals surface area contributed by atoms with E-state index in [9.17, 15) is 0 Å². The van der Waals surface area contributed by atoms with Gasteiger partial charge in [0.15, 0.2) is 6.20 Å². The summed E-state index contributed by atoms with van der Waals surface area (Å²) in [6.45, 7) is 4.15. The van der Waals surface area contributed by atoms with E-state index >= 15 is 0 Å². The normalized spacial score (nSPS) is 11.1. The van der Waals surface area contributed by atoms with Crippen molar-refractivity contribution in [2.45, 2.75) is 13.8 Å². The molecule has 0 atom stereocenters. The molecule has 4 aromatic rings. The van der Waals surface area contributed by atoms with Crippen molar-refractivity contribution in [2.24, 2.45) is 7.05 Å². The lowest BCUT2D eigenvalue weighted by molar-refractivity contribution is -0.660. The minimum Gasteiger partial charge on any atom is -0.456 e. The van der Waals surface area contributed by atoms with Crippen molar-refractivity contribution in [3.8, 4) is 17.3 Å². The van der Waals surface area contributed by atoms with Crippen molar-refractivity contribution in [3.63, 3.8) is 0 Å². The molecule has 3 heteroatoms. The molecule has 2 heterocycles. The van der Waals surface area contributed by atoms with E-state index in [1.165, 1.54) is 5.56 Å². The third-order valence-corrected chi connectivity index (χ3v) is 4.58. The first-order chi connectivity index (χ1) is 11.6. The summed E-state index contributed by atoms with van der Waals surface area (Å²) in [7, 11) is 2.04. The van der Waals surface area contributed by atoms with Gasteiger partial charge in [-0.15, -0.1) is 0 Å². The highest BCUT2D eigenvalue weighted by atomic mass is 16.3. The number of aromatic nitrogens is 1. The smallest absolute Gasteiger partial charge is 0.212 e. The van der Waals surface area contributed by atoms with Gasteiger partial charge in [-0.1, -0.05) is 0 Å². The predicted octanol–water partition coefficient (Wildman–Crippen LogP) is 4.57. The van der Waals surface area contributed by atoms with E-state index in [-0.39, 0.29) is 0 Å².